The number of carbonyl (C=O) groups is 1. The average molecular weight is 324 g/mol. The second-order valence-corrected chi connectivity index (χ2v) is 4.87. The highest BCUT2D eigenvalue weighted by Gasteiger charge is 2.25. The Balaban J connectivity index is 0.00000180. The van der Waals surface area contributed by atoms with Gasteiger partial charge >= 0.3 is 0 Å². The Labute approximate surface area is 131 Å². The number of amides is 1. The molecule has 1 aliphatic carbocycles. The Hall–Kier alpha value is -0.850. The summed E-state index contributed by atoms with van der Waals surface area (Å²) in [4.78, 5) is 12.0. The topological polar surface area (TPSA) is 85.8 Å². The lowest BCUT2D eigenvalue weighted by Crippen LogP contribution is -2.37. The Morgan fingerprint density at radius 3 is 2.90 bits per heavy atom. The summed E-state index contributed by atoms with van der Waals surface area (Å²) in [5.41, 5.74) is 5.89. The van der Waals surface area contributed by atoms with Crippen molar-refractivity contribution in [2.45, 2.75) is 51.7 Å². The molecule has 116 valence electrons. The SMILES string of the molecule is CCn1cnnc1CNC(=O)C1CCCC(N)C1.Cl.Cl. The predicted octanol–water partition coefficient (Wildman–Crippen LogP) is 1.28. The minimum Gasteiger partial charge on any atom is -0.349 e. The normalized spacial score (nSPS) is 21.5. The molecule has 2 rings (SSSR count). The molecule has 1 aromatic heterocycles. The zero-order valence-corrected chi connectivity index (χ0v) is 13.3. The molecular formula is C12H23Cl2N5O. The van der Waals surface area contributed by atoms with Crippen LogP contribution in [0.1, 0.15) is 38.4 Å². The van der Waals surface area contributed by atoms with Crippen LogP contribution < -0.4 is 11.1 Å². The van der Waals surface area contributed by atoms with Gasteiger partial charge in [-0.15, -0.1) is 35.0 Å². The van der Waals surface area contributed by atoms with Crippen molar-refractivity contribution >= 4 is 30.7 Å². The van der Waals surface area contributed by atoms with Crippen LogP contribution in [0.25, 0.3) is 0 Å². The smallest absolute Gasteiger partial charge is 0.223 e. The van der Waals surface area contributed by atoms with E-state index >= 15 is 0 Å². The molecule has 1 aromatic rings. The molecule has 0 saturated heterocycles. The number of aryl methyl sites for hydroxylation is 1. The number of aromatic nitrogens is 3. The monoisotopic (exact) mass is 323 g/mol. The highest BCUT2D eigenvalue weighted by molar-refractivity contribution is 5.85. The van der Waals surface area contributed by atoms with Gasteiger partial charge in [-0.2, -0.15) is 0 Å². The lowest BCUT2D eigenvalue weighted by molar-refractivity contribution is -0.126. The van der Waals surface area contributed by atoms with Crippen molar-refractivity contribution in [3.8, 4) is 0 Å². The number of rotatable bonds is 4. The maximum absolute atomic E-state index is 12.0. The third kappa shape index (κ3) is 4.92. The molecule has 1 amide bonds. The largest absolute Gasteiger partial charge is 0.349 e. The molecule has 0 bridgehead atoms. The fourth-order valence-electron chi connectivity index (χ4n) is 2.46. The number of nitrogens with zero attached hydrogens (tertiary/aromatic N) is 3. The highest BCUT2D eigenvalue weighted by Crippen LogP contribution is 2.23. The van der Waals surface area contributed by atoms with E-state index in [2.05, 4.69) is 15.5 Å². The van der Waals surface area contributed by atoms with Crippen molar-refractivity contribution in [1.82, 2.24) is 20.1 Å². The van der Waals surface area contributed by atoms with Gasteiger partial charge in [0.05, 0.1) is 6.54 Å². The van der Waals surface area contributed by atoms with E-state index in [4.69, 9.17) is 5.73 Å². The van der Waals surface area contributed by atoms with E-state index in [0.29, 0.717) is 6.54 Å². The van der Waals surface area contributed by atoms with Crippen LogP contribution in [0.5, 0.6) is 0 Å². The molecule has 20 heavy (non-hydrogen) atoms. The molecule has 1 heterocycles. The van der Waals surface area contributed by atoms with Gasteiger partial charge in [0.2, 0.25) is 5.91 Å². The lowest BCUT2D eigenvalue weighted by atomic mass is 9.85. The van der Waals surface area contributed by atoms with Crippen molar-refractivity contribution in [2.24, 2.45) is 11.7 Å². The van der Waals surface area contributed by atoms with Crippen molar-refractivity contribution < 1.29 is 4.79 Å². The van der Waals surface area contributed by atoms with Gasteiger partial charge in [-0.25, -0.2) is 0 Å². The number of carbonyl (C=O) groups excluding carboxylic acids is 1. The van der Waals surface area contributed by atoms with E-state index in [0.717, 1.165) is 38.1 Å². The zero-order valence-electron chi connectivity index (χ0n) is 11.6. The molecular weight excluding hydrogens is 301 g/mol. The van der Waals surface area contributed by atoms with E-state index in [-0.39, 0.29) is 42.7 Å². The average Bonchev–Trinajstić information content (AvgIpc) is 2.83. The van der Waals surface area contributed by atoms with Gasteiger partial charge in [-0.05, 0) is 26.2 Å². The maximum atomic E-state index is 12.0. The highest BCUT2D eigenvalue weighted by atomic mass is 35.5. The standard InChI is InChI=1S/C12H21N5O.2ClH/c1-2-17-8-15-16-11(17)7-14-12(18)9-4-3-5-10(13)6-9;;/h8-10H,2-7,13H2,1H3,(H,14,18);2*1H. The van der Waals surface area contributed by atoms with Gasteiger partial charge in [0, 0.05) is 18.5 Å². The molecule has 1 saturated carbocycles. The number of hydrogen-bond donors (Lipinski definition) is 2. The minimum atomic E-state index is 0. The molecule has 2 unspecified atom stereocenters. The summed E-state index contributed by atoms with van der Waals surface area (Å²) in [5, 5.41) is 10.8. The molecule has 2 atom stereocenters. The molecule has 0 aliphatic heterocycles. The van der Waals surface area contributed by atoms with Crippen molar-refractivity contribution in [3.05, 3.63) is 12.2 Å². The van der Waals surface area contributed by atoms with E-state index in [1.807, 2.05) is 11.5 Å². The van der Waals surface area contributed by atoms with Gasteiger partial charge in [-0.3, -0.25) is 4.79 Å². The summed E-state index contributed by atoms with van der Waals surface area (Å²) in [6.45, 7) is 3.28. The van der Waals surface area contributed by atoms with E-state index in [1.165, 1.54) is 0 Å². The summed E-state index contributed by atoms with van der Waals surface area (Å²) in [6, 6.07) is 0.175. The third-order valence-corrected chi connectivity index (χ3v) is 3.54. The van der Waals surface area contributed by atoms with E-state index < -0.39 is 0 Å². The van der Waals surface area contributed by atoms with Crippen LogP contribution in [0.4, 0.5) is 0 Å². The summed E-state index contributed by atoms with van der Waals surface area (Å²) in [7, 11) is 0. The summed E-state index contributed by atoms with van der Waals surface area (Å²) < 4.78 is 1.92. The van der Waals surface area contributed by atoms with Crippen LogP contribution in [0.2, 0.25) is 0 Å². The predicted molar refractivity (Wildman–Crippen MR) is 82.0 cm³/mol. The van der Waals surface area contributed by atoms with Crippen LogP contribution >= 0.6 is 24.8 Å². The number of hydrogen-bond acceptors (Lipinski definition) is 4. The van der Waals surface area contributed by atoms with Crippen LogP contribution in [0, 0.1) is 5.92 Å². The quantitative estimate of drug-likeness (QED) is 0.873. The van der Waals surface area contributed by atoms with Gasteiger partial charge in [0.1, 0.15) is 6.33 Å². The lowest BCUT2D eigenvalue weighted by Gasteiger charge is -2.25. The van der Waals surface area contributed by atoms with Gasteiger partial charge in [0.25, 0.3) is 0 Å². The van der Waals surface area contributed by atoms with Gasteiger partial charge < -0.3 is 15.6 Å². The van der Waals surface area contributed by atoms with Crippen LogP contribution in [-0.2, 0) is 17.9 Å². The molecule has 6 nitrogen and oxygen atoms in total. The molecule has 8 heteroatoms. The molecule has 0 radical (unpaired) electrons. The fraction of sp³-hybridized carbons (Fsp3) is 0.750. The van der Waals surface area contributed by atoms with Crippen LogP contribution in [0.15, 0.2) is 6.33 Å². The molecule has 1 aliphatic rings. The maximum Gasteiger partial charge on any atom is 0.223 e. The zero-order chi connectivity index (χ0) is 13.0. The Morgan fingerprint density at radius 2 is 2.25 bits per heavy atom. The van der Waals surface area contributed by atoms with Crippen molar-refractivity contribution in [3.63, 3.8) is 0 Å². The first-order valence-corrected chi connectivity index (χ1v) is 6.60. The minimum absolute atomic E-state index is 0. The number of nitrogens with one attached hydrogen (secondary N) is 1. The molecule has 3 N–H and O–H groups in total. The molecule has 0 spiro atoms. The van der Waals surface area contributed by atoms with Crippen LogP contribution in [-0.4, -0.2) is 26.7 Å². The number of nitrogens with two attached hydrogens (primary N) is 1. The first-order valence-electron chi connectivity index (χ1n) is 6.60. The van der Waals surface area contributed by atoms with Gasteiger partial charge in [0.15, 0.2) is 5.82 Å². The van der Waals surface area contributed by atoms with Crippen molar-refractivity contribution in [1.29, 1.82) is 0 Å². The first kappa shape index (κ1) is 19.1. The Morgan fingerprint density at radius 1 is 1.50 bits per heavy atom. The van der Waals surface area contributed by atoms with Gasteiger partial charge in [-0.1, -0.05) is 6.42 Å². The second-order valence-electron chi connectivity index (χ2n) is 4.87. The number of halogens is 2. The summed E-state index contributed by atoms with van der Waals surface area (Å²) in [5.74, 6) is 0.952. The second kappa shape index (κ2) is 9.15. The Bertz CT molecular complexity index is 412. The van der Waals surface area contributed by atoms with Crippen LogP contribution in [0.3, 0.4) is 0 Å². The molecule has 1 fully saturated rings. The molecule has 0 aromatic carbocycles. The summed E-state index contributed by atoms with van der Waals surface area (Å²) in [6.07, 6.45) is 5.50. The third-order valence-electron chi connectivity index (χ3n) is 3.54. The Kier molecular flexibility index (Phi) is 8.76. The summed E-state index contributed by atoms with van der Waals surface area (Å²) >= 11 is 0. The fourth-order valence-corrected chi connectivity index (χ4v) is 2.46. The first-order chi connectivity index (χ1) is 8.70. The van der Waals surface area contributed by atoms with E-state index in [9.17, 15) is 4.79 Å². The van der Waals surface area contributed by atoms with E-state index in [1.54, 1.807) is 6.33 Å². The van der Waals surface area contributed by atoms with Crippen molar-refractivity contribution in [2.75, 3.05) is 0 Å².